The van der Waals surface area contributed by atoms with Crippen LogP contribution >= 0.6 is 0 Å². The van der Waals surface area contributed by atoms with Gasteiger partial charge >= 0.3 is 0 Å². The Bertz CT molecular complexity index is 458. The van der Waals surface area contributed by atoms with Gasteiger partial charge in [0.05, 0.1) is 0 Å². The fourth-order valence-corrected chi connectivity index (χ4v) is 3.02. The van der Waals surface area contributed by atoms with Gasteiger partial charge in [-0.25, -0.2) is 0 Å². The van der Waals surface area contributed by atoms with Crippen molar-refractivity contribution in [1.29, 1.82) is 0 Å². The maximum Gasteiger partial charge on any atom is 0.281 e. The molecule has 108 valence electrons. The van der Waals surface area contributed by atoms with E-state index in [1.807, 2.05) is 44.2 Å². The van der Waals surface area contributed by atoms with E-state index >= 15 is 0 Å². The second kappa shape index (κ2) is 7.47. The van der Waals surface area contributed by atoms with Crippen LogP contribution in [0, 0.1) is 0 Å². The number of hydrogen-bond donors (Lipinski definition) is 0. The van der Waals surface area contributed by atoms with E-state index in [9.17, 15) is 8.42 Å². The Hall–Kier alpha value is -1.11. The zero-order valence-corrected chi connectivity index (χ0v) is 12.6. The molecule has 0 N–H and O–H groups in total. The van der Waals surface area contributed by atoms with Crippen LogP contribution in [-0.2, 0) is 10.2 Å². The molecule has 19 heavy (non-hydrogen) atoms. The van der Waals surface area contributed by atoms with Crippen LogP contribution in [0.1, 0.15) is 13.8 Å². The van der Waals surface area contributed by atoms with Gasteiger partial charge in [0, 0.05) is 26.7 Å². The highest BCUT2D eigenvalue weighted by Gasteiger charge is 2.23. The monoisotopic (exact) mass is 286 g/mol. The third kappa shape index (κ3) is 4.49. The average Bonchev–Trinajstić information content (AvgIpc) is 2.41. The Morgan fingerprint density at radius 3 is 2.21 bits per heavy atom. The topological polar surface area (TPSA) is 49.9 Å². The number of benzene rings is 1. The minimum absolute atomic E-state index is 0.327. The second-order valence-electron chi connectivity index (χ2n) is 4.08. The van der Waals surface area contributed by atoms with Crippen molar-refractivity contribution >= 4 is 10.2 Å². The highest BCUT2D eigenvalue weighted by molar-refractivity contribution is 7.86. The smallest absolute Gasteiger partial charge is 0.281 e. The van der Waals surface area contributed by atoms with Crippen molar-refractivity contribution in [3.63, 3.8) is 0 Å². The Labute approximate surface area is 116 Å². The van der Waals surface area contributed by atoms with Crippen LogP contribution in [-0.4, -0.2) is 50.3 Å². The van der Waals surface area contributed by atoms with Gasteiger partial charge < -0.3 is 4.74 Å². The summed E-state index contributed by atoms with van der Waals surface area (Å²) in [7, 11) is -1.80. The highest BCUT2D eigenvalue weighted by Crippen LogP contribution is 2.09. The van der Waals surface area contributed by atoms with Crippen LogP contribution in [0.2, 0.25) is 0 Å². The molecule has 0 spiro atoms. The molecule has 0 aliphatic carbocycles. The van der Waals surface area contributed by atoms with Crippen LogP contribution in [0.5, 0.6) is 5.75 Å². The lowest BCUT2D eigenvalue weighted by Gasteiger charge is -2.25. The number of ether oxygens (including phenoxy) is 1. The molecule has 0 heterocycles. The molecule has 6 heteroatoms. The minimum atomic E-state index is -3.37. The largest absolute Gasteiger partial charge is 0.492 e. The number of rotatable bonds is 8. The van der Waals surface area contributed by atoms with Crippen molar-refractivity contribution in [3.05, 3.63) is 30.3 Å². The summed E-state index contributed by atoms with van der Waals surface area (Å²) in [6, 6.07) is 9.36. The first kappa shape index (κ1) is 15.9. The Morgan fingerprint density at radius 2 is 1.68 bits per heavy atom. The van der Waals surface area contributed by atoms with Gasteiger partial charge in [0.25, 0.3) is 10.2 Å². The van der Waals surface area contributed by atoms with E-state index in [1.165, 1.54) is 8.61 Å². The number of para-hydroxylation sites is 1. The molecular weight excluding hydrogens is 264 g/mol. The first-order valence-electron chi connectivity index (χ1n) is 6.41. The van der Waals surface area contributed by atoms with E-state index in [0.29, 0.717) is 26.2 Å². The van der Waals surface area contributed by atoms with Crippen molar-refractivity contribution < 1.29 is 13.2 Å². The number of hydrogen-bond acceptors (Lipinski definition) is 3. The summed E-state index contributed by atoms with van der Waals surface area (Å²) in [6.07, 6.45) is 0. The van der Waals surface area contributed by atoms with Crippen molar-refractivity contribution in [2.24, 2.45) is 0 Å². The number of likely N-dealkylation sites (N-methyl/N-ethyl adjacent to an activating group) is 1. The molecule has 1 rings (SSSR count). The molecule has 0 radical (unpaired) electrons. The van der Waals surface area contributed by atoms with Crippen LogP contribution < -0.4 is 4.74 Å². The Balaban J connectivity index is 2.49. The van der Waals surface area contributed by atoms with Crippen LogP contribution in [0.15, 0.2) is 30.3 Å². The molecule has 0 atom stereocenters. The van der Waals surface area contributed by atoms with Gasteiger partial charge in [-0.05, 0) is 12.1 Å². The standard InChI is InChI=1S/C13H22N2O3S/c1-4-15(5-2)19(16,17)14(3)11-12-18-13-9-7-6-8-10-13/h6-10H,4-5,11-12H2,1-3H3. The SMILES string of the molecule is CCN(CC)S(=O)(=O)N(C)CCOc1ccccc1. The fourth-order valence-electron chi connectivity index (χ4n) is 1.67. The van der Waals surface area contributed by atoms with Gasteiger partial charge in [0.1, 0.15) is 12.4 Å². The van der Waals surface area contributed by atoms with Crippen molar-refractivity contribution in [2.75, 3.05) is 33.3 Å². The summed E-state index contributed by atoms with van der Waals surface area (Å²) in [6.45, 7) is 5.27. The van der Waals surface area contributed by atoms with E-state index in [2.05, 4.69) is 0 Å². The summed E-state index contributed by atoms with van der Waals surface area (Å²) in [5, 5.41) is 0. The molecule has 0 fully saturated rings. The summed E-state index contributed by atoms with van der Waals surface area (Å²) in [5.41, 5.74) is 0. The highest BCUT2D eigenvalue weighted by atomic mass is 32.2. The van der Waals surface area contributed by atoms with E-state index in [-0.39, 0.29) is 0 Å². The minimum Gasteiger partial charge on any atom is -0.492 e. The quantitative estimate of drug-likeness (QED) is 0.729. The molecule has 0 aliphatic heterocycles. The normalized spacial score (nSPS) is 12.1. The average molecular weight is 286 g/mol. The zero-order chi connectivity index (χ0) is 14.3. The summed E-state index contributed by atoms with van der Waals surface area (Å²) in [5.74, 6) is 0.746. The predicted molar refractivity (Wildman–Crippen MR) is 76.4 cm³/mol. The maximum atomic E-state index is 12.1. The molecule has 0 saturated heterocycles. The van der Waals surface area contributed by atoms with Gasteiger partial charge in [-0.1, -0.05) is 32.0 Å². The summed E-state index contributed by atoms with van der Waals surface area (Å²) < 4.78 is 32.5. The lowest BCUT2D eigenvalue weighted by atomic mass is 10.3. The van der Waals surface area contributed by atoms with Gasteiger partial charge in [-0.3, -0.25) is 0 Å². The second-order valence-corrected chi connectivity index (χ2v) is 6.11. The van der Waals surface area contributed by atoms with Crippen molar-refractivity contribution in [3.8, 4) is 5.75 Å². The third-order valence-electron chi connectivity index (χ3n) is 2.84. The third-order valence-corrected chi connectivity index (χ3v) is 4.98. The molecule has 0 unspecified atom stereocenters. The fraction of sp³-hybridized carbons (Fsp3) is 0.538. The number of nitrogens with zero attached hydrogens (tertiary/aromatic N) is 2. The van der Waals surface area contributed by atoms with E-state index in [4.69, 9.17) is 4.74 Å². The van der Waals surface area contributed by atoms with E-state index < -0.39 is 10.2 Å². The van der Waals surface area contributed by atoms with Crippen molar-refractivity contribution in [1.82, 2.24) is 8.61 Å². The molecule has 0 bridgehead atoms. The van der Waals surface area contributed by atoms with Crippen LogP contribution in [0.3, 0.4) is 0 Å². The molecule has 0 aromatic heterocycles. The Morgan fingerprint density at radius 1 is 1.11 bits per heavy atom. The van der Waals surface area contributed by atoms with Gasteiger partial charge in [-0.2, -0.15) is 17.0 Å². The van der Waals surface area contributed by atoms with Gasteiger partial charge in [-0.15, -0.1) is 0 Å². The summed E-state index contributed by atoms with van der Waals surface area (Å²) >= 11 is 0. The molecular formula is C13H22N2O3S. The van der Waals surface area contributed by atoms with Crippen LogP contribution in [0.4, 0.5) is 0 Å². The lowest BCUT2D eigenvalue weighted by molar-refractivity contribution is 0.277. The zero-order valence-electron chi connectivity index (χ0n) is 11.7. The van der Waals surface area contributed by atoms with E-state index in [1.54, 1.807) is 7.05 Å². The molecule has 0 amide bonds. The Kier molecular flexibility index (Phi) is 6.27. The van der Waals surface area contributed by atoms with E-state index in [0.717, 1.165) is 5.75 Å². The van der Waals surface area contributed by atoms with Gasteiger partial charge in [0.15, 0.2) is 0 Å². The molecule has 1 aromatic rings. The lowest BCUT2D eigenvalue weighted by Crippen LogP contribution is -2.43. The van der Waals surface area contributed by atoms with Crippen LogP contribution in [0.25, 0.3) is 0 Å². The summed E-state index contributed by atoms with van der Waals surface area (Å²) in [4.78, 5) is 0. The molecule has 1 aromatic carbocycles. The first-order valence-corrected chi connectivity index (χ1v) is 7.81. The first-order chi connectivity index (χ1) is 9.02. The predicted octanol–water partition coefficient (Wildman–Crippen LogP) is 1.58. The maximum absolute atomic E-state index is 12.1. The molecule has 5 nitrogen and oxygen atoms in total. The molecule has 0 aliphatic rings. The van der Waals surface area contributed by atoms with Crippen molar-refractivity contribution in [2.45, 2.75) is 13.8 Å². The molecule has 0 saturated carbocycles. The van der Waals surface area contributed by atoms with Gasteiger partial charge in [0.2, 0.25) is 0 Å².